The SMILES string of the molecule is CC1OC(=O)C(C)OC1=O.CC1OC(=O)C(C)OC1=O. The lowest BCUT2D eigenvalue weighted by atomic mass is 10.3. The Balaban J connectivity index is 0.000000200. The van der Waals surface area contributed by atoms with Crippen molar-refractivity contribution in [3.8, 4) is 0 Å². The first-order valence-electron chi connectivity index (χ1n) is 6.04. The van der Waals surface area contributed by atoms with E-state index in [1.807, 2.05) is 0 Å². The highest BCUT2D eigenvalue weighted by Crippen LogP contribution is 2.09. The second kappa shape index (κ2) is 6.36. The average Bonchev–Trinajstić information content (AvgIpc) is 2.35. The Labute approximate surface area is 115 Å². The second-order valence-electron chi connectivity index (χ2n) is 4.32. The summed E-state index contributed by atoms with van der Waals surface area (Å²) >= 11 is 0. The van der Waals surface area contributed by atoms with Crippen LogP contribution in [0.1, 0.15) is 27.7 Å². The maximum Gasteiger partial charge on any atom is 0.347 e. The van der Waals surface area contributed by atoms with E-state index in [-0.39, 0.29) is 0 Å². The van der Waals surface area contributed by atoms with Gasteiger partial charge in [-0.15, -0.1) is 0 Å². The molecule has 0 amide bonds. The quantitative estimate of drug-likeness (QED) is 0.443. The molecule has 0 aliphatic carbocycles. The largest absolute Gasteiger partial charge is 0.448 e. The molecule has 2 aliphatic rings. The van der Waals surface area contributed by atoms with Gasteiger partial charge in [0.15, 0.2) is 24.4 Å². The molecule has 0 N–H and O–H groups in total. The van der Waals surface area contributed by atoms with Gasteiger partial charge in [0.2, 0.25) is 0 Å². The van der Waals surface area contributed by atoms with Crippen molar-refractivity contribution in [2.75, 3.05) is 0 Å². The molecule has 112 valence electrons. The Morgan fingerprint density at radius 1 is 0.500 bits per heavy atom. The summed E-state index contributed by atoms with van der Waals surface area (Å²) in [5, 5.41) is 0. The normalized spacial score (nSPS) is 33.0. The molecule has 2 fully saturated rings. The molecule has 0 aromatic heterocycles. The summed E-state index contributed by atoms with van der Waals surface area (Å²) in [7, 11) is 0. The zero-order chi connectivity index (χ0) is 15.4. The van der Waals surface area contributed by atoms with E-state index in [2.05, 4.69) is 18.9 Å². The van der Waals surface area contributed by atoms with Crippen LogP contribution in [0, 0.1) is 0 Å². The Bertz CT molecular complexity index is 349. The van der Waals surface area contributed by atoms with Gasteiger partial charge in [-0.2, -0.15) is 0 Å². The van der Waals surface area contributed by atoms with Crippen molar-refractivity contribution in [2.24, 2.45) is 0 Å². The topological polar surface area (TPSA) is 105 Å². The number of cyclic esters (lactones) is 4. The first-order valence-corrected chi connectivity index (χ1v) is 6.04. The number of carbonyl (C=O) groups is 4. The van der Waals surface area contributed by atoms with Crippen LogP contribution in [0.4, 0.5) is 0 Å². The number of esters is 4. The van der Waals surface area contributed by atoms with Crippen LogP contribution < -0.4 is 0 Å². The average molecular weight is 288 g/mol. The maximum atomic E-state index is 10.7. The van der Waals surface area contributed by atoms with E-state index >= 15 is 0 Å². The molecule has 4 atom stereocenters. The smallest absolute Gasteiger partial charge is 0.347 e. The summed E-state index contributed by atoms with van der Waals surface area (Å²) in [4.78, 5) is 42.6. The van der Waals surface area contributed by atoms with Crippen LogP contribution in [-0.4, -0.2) is 48.3 Å². The van der Waals surface area contributed by atoms with Gasteiger partial charge in [0.1, 0.15) is 0 Å². The number of hydrogen-bond donors (Lipinski definition) is 0. The third-order valence-electron chi connectivity index (χ3n) is 2.50. The van der Waals surface area contributed by atoms with Crippen LogP contribution >= 0.6 is 0 Å². The molecule has 0 bridgehead atoms. The van der Waals surface area contributed by atoms with Gasteiger partial charge in [0, 0.05) is 0 Å². The van der Waals surface area contributed by atoms with Crippen LogP contribution in [0.2, 0.25) is 0 Å². The Kier molecular flexibility index (Phi) is 5.06. The summed E-state index contributed by atoms with van der Waals surface area (Å²) in [5.41, 5.74) is 0. The number of rotatable bonds is 0. The predicted molar refractivity (Wildman–Crippen MR) is 62.2 cm³/mol. The fraction of sp³-hybridized carbons (Fsp3) is 0.667. The minimum absolute atomic E-state index is 0.480. The van der Waals surface area contributed by atoms with E-state index in [9.17, 15) is 19.2 Å². The van der Waals surface area contributed by atoms with E-state index in [1.54, 1.807) is 0 Å². The lowest BCUT2D eigenvalue weighted by Crippen LogP contribution is -2.40. The molecular weight excluding hydrogens is 272 g/mol. The van der Waals surface area contributed by atoms with Gasteiger partial charge >= 0.3 is 23.9 Å². The molecule has 8 heteroatoms. The Hall–Kier alpha value is -2.12. The third kappa shape index (κ3) is 3.94. The highest BCUT2D eigenvalue weighted by atomic mass is 16.7. The minimum atomic E-state index is -0.747. The standard InChI is InChI=1S/2C6H8O4/c2*1-3-5(7)10-4(2)6(8)9-3/h2*3-4H,1-2H3. The van der Waals surface area contributed by atoms with Crippen molar-refractivity contribution in [3.05, 3.63) is 0 Å². The fourth-order valence-electron chi connectivity index (χ4n) is 1.27. The highest BCUT2D eigenvalue weighted by Gasteiger charge is 2.32. The molecule has 2 aliphatic heterocycles. The van der Waals surface area contributed by atoms with Crippen molar-refractivity contribution < 1.29 is 38.1 Å². The van der Waals surface area contributed by atoms with Crippen molar-refractivity contribution in [1.29, 1.82) is 0 Å². The first-order chi connectivity index (χ1) is 9.22. The maximum absolute atomic E-state index is 10.7. The summed E-state index contributed by atoms with van der Waals surface area (Å²) in [6.07, 6.45) is -2.99. The van der Waals surface area contributed by atoms with Gasteiger partial charge in [-0.25, -0.2) is 19.2 Å². The van der Waals surface area contributed by atoms with Gasteiger partial charge in [-0.05, 0) is 27.7 Å². The van der Waals surface area contributed by atoms with Gasteiger partial charge < -0.3 is 18.9 Å². The fourth-order valence-corrected chi connectivity index (χ4v) is 1.27. The highest BCUT2D eigenvalue weighted by molar-refractivity contribution is 5.87. The van der Waals surface area contributed by atoms with Crippen LogP contribution in [-0.2, 0) is 38.1 Å². The summed E-state index contributed by atoms with van der Waals surface area (Å²) in [6.45, 7) is 5.91. The van der Waals surface area contributed by atoms with Gasteiger partial charge in [0.05, 0.1) is 0 Å². The summed E-state index contributed by atoms with van der Waals surface area (Å²) in [5.74, 6) is -1.92. The van der Waals surface area contributed by atoms with Crippen LogP contribution in [0.5, 0.6) is 0 Å². The van der Waals surface area contributed by atoms with Crippen LogP contribution in [0.15, 0.2) is 0 Å². The molecule has 0 aromatic carbocycles. The van der Waals surface area contributed by atoms with E-state index in [0.717, 1.165) is 0 Å². The second-order valence-corrected chi connectivity index (χ2v) is 4.32. The molecule has 0 aromatic rings. The van der Waals surface area contributed by atoms with Gasteiger partial charge in [-0.1, -0.05) is 0 Å². The monoisotopic (exact) mass is 288 g/mol. The van der Waals surface area contributed by atoms with E-state index in [0.29, 0.717) is 0 Å². The molecule has 20 heavy (non-hydrogen) atoms. The molecule has 4 unspecified atom stereocenters. The van der Waals surface area contributed by atoms with Crippen molar-refractivity contribution in [2.45, 2.75) is 52.1 Å². The van der Waals surface area contributed by atoms with Crippen molar-refractivity contribution in [1.82, 2.24) is 0 Å². The molecule has 2 saturated heterocycles. The number of hydrogen-bond acceptors (Lipinski definition) is 8. The summed E-state index contributed by atoms with van der Waals surface area (Å²) < 4.78 is 18.4. The van der Waals surface area contributed by atoms with Crippen molar-refractivity contribution in [3.63, 3.8) is 0 Å². The zero-order valence-electron chi connectivity index (χ0n) is 11.6. The lowest BCUT2D eigenvalue weighted by Gasteiger charge is -2.22. The molecule has 0 saturated carbocycles. The van der Waals surface area contributed by atoms with E-state index in [4.69, 9.17) is 0 Å². The predicted octanol–water partition coefficient (Wildman–Crippen LogP) is -0.273. The molecule has 0 spiro atoms. The third-order valence-corrected chi connectivity index (χ3v) is 2.50. The number of carbonyl (C=O) groups excluding carboxylic acids is 4. The lowest BCUT2D eigenvalue weighted by molar-refractivity contribution is -0.191. The molecule has 2 heterocycles. The van der Waals surface area contributed by atoms with Gasteiger partial charge in [-0.3, -0.25) is 0 Å². The Morgan fingerprint density at radius 2 is 0.650 bits per heavy atom. The minimum Gasteiger partial charge on any atom is -0.448 e. The first kappa shape index (κ1) is 15.9. The molecule has 0 radical (unpaired) electrons. The van der Waals surface area contributed by atoms with Gasteiger partial charge in [0.25, 0.3) is 0 Å². The van der Waals surface area contributed by atoms with E-state index in [1.165, 1.54) is 27.7 Å². The van der Waals surface area contributed by atoms with E-state index < -0.39 is 48.3 Å². The van der Waals surface area contributed by atoms with Crippen LogP contribution in [0.25, 0.3) is 0 Å². The van der Waals surface area contributed by atoms with Crippen molar-refractivity contribution >= 4 is 23.9 Å². The number of ether oxygens (including phenoxy) is 4. The summed E-state index contributed by atoms with van der Waals surface area (Å²) in [6, 6.07) is 0. The molecular formula is C12H16O8. The van der Waals surface area contributed by atoms with Crippen LogP contribution in [0.3, 0.4) is 0 Å². The molecule has 8 nitrogen and oxygen atoms in total. The zero-order valence-corrected chi connectivity index (χ0v) is 11.6. The Morgan fingerprint density at radius 3 is 0.800 bits per heavy atom. The molecule has 2 rings (SSSR count).